The van der Waals surface area contributed by atoms with Crippen LogP contribution >= 0.6 is 0 Å². The largest absolute Gasteiger partial charge is 0.469 e. The Morgan fingerprint density at radius 3 is 2.64 bits per heavy atom. The molecular weight excluding hydrogens is 482 g/mol. The van der Waals surface area contributed by atoms with E-state index in [1.165, 1.54) is 89.7 Å². The van der Waals surface area contributed by atoms with Gasteiger partial charge in [-0.25, -0.2) is 0 Å². The van der Waals surface area contributed by atoms with Crippen LogP contribution in [0.4, 0.5) is 0 Å². The fourth-order valence-corrected chi connectivity index (χ4v) is 10.0. The number of methoxy groups -OCH3 is 1. The first kappa shape index (κ1) is 29.0. The van der Waals surface area contributed by atoms with Crippen molar-refractivity contribution in [3.05, 3.63) is 30.1 Å². The van der Waals surface area contributed by atoms with E-state index < -0.39 is 0 Å². The van der Waals surface area contributed by atoms with Gasteiger partial charge in [-0.3, -0.25) is 9.78 Å². The zero-order chi connectivity index (χ0) is 27.3. The highest BCUT2D eigenvalue weighted by atomic mass is 16.5. The first-order chi connectivity index (χ1) is 18.9. The summed E-state index contributed by atoms with van der Waals surface area (Å²) < 4.78 is 4.89. The molecule has 4 aliphatic carbocycles. The number of esters is 1. The van der Waals surface area contributed by atoms with E-state index >= 15 is 0 Å². The number of carbonyl (C=O) groups is 1. The highest BCUT2D eigenvalue weighted by Crippen LogP contribution is 2.67. The van der Waals surface area contributed by atoms with Crippen LogP contribution in [0.25, 0.3) is 0 Å². The van der Waals surface area contributed by atoms with Gasteiger partial charge in [-0.05, 0) is 149 Å². The molecule has 1 aromatic heterocycles. The molecule has 0 amide bonds. The average Bonchev–Trinajstić information content (AvgIpc) is 3.29. The van der Waals surface area contributed by atoms with Crippen LogP contribution in [0.3, 0.4) is 0 Å². The van der Waals surface area contributed by atoms with E-state index in [1.807, 2.05) is 18.5 Å². The SMILES string of the molecule is COC(=O)CCCC1CCC2C3CC[C@H]4CC(NCCCCNCc5cccnc5)CCC4(C)C3CCC12C. The predicted molar refractivity (Wildman–Crippen MR) is 158 cm³/mol. The maximum atomic E-state index is 11.7. The maximum Gasteiger partial charge on any atom is 0.305 e. The number of nitrogens with zero attached hydrogens (tertiary/aromatic N) is 1. The molecule has 4 aliphatic rings. The molecule has 0 aliphatic heterocycles. The Labute approximate surface area is 238 Å². The summed E-state index contributed by atoms with van der Waals surface area (Å²) in [5.74, 6) is 4.48. The Hall–Kier alpha value is -1.46. The first-order valence-electron chi connectivity index (χ1n) is 16.3. The van der Waals surface area contributed by atoms with Gasteiger partial charge in [0.15, 0.2) is 0 Å². The van der Waals surface area contributed by atoms with Crippen molar-refractivity contribution in [1.29, 1.82) is 0 Å². The van der Waals surface area contributed by atoms with Gasteiger partial charge in [0.1, 0.15) is 0 Å². The number of carbonyl (C=O) groups excluding carboxylic acids is 1. The van der Waals surface area contributed by atoms with Crippen LogP contribution in [0.15, 0.2) is 24.5 Å². The number of aromatic nitrogens is 1. The standard InChI is InChI=1S/C34H55N3O2/c1-33-18-16-31-29(30(33)14-12-26(33)9-6-10-32(38)39-3)13-11-27-22-28(15-17-34(27,31)2)37-21-5-4-19-35-23-25-8-7-20-36-24-25/h7-8,20,24,26-31,35,37H,4-6,9-19,21-23H2,1-3H3/t26?,27-,28?,29?,30?,31?,33?,34?/m0/s1. The molecule has 7 unspecified atom stereocenters. The van der Waals surface area contributed by atoms with Gasteiger partial charge in [-0.1, -0.05) is 19.9 Å². The van der Waals surface area contributed by atoms with Crippen LogP contribution in [0.2, 0.25) is 0 Å². The molecule has 5 heteroatoms. The summed E-state index contributed by atoms with van der Waals surface area (Å²) in [5, 5.41) is 7.52. The van der Waals surface area contributed by atoms with E-state index in [1.54, 1.807) is 0 Å². The Balaban J connectivity index is 1.05. The van der Waals surface area contributed by atoms with Crippen molar-refractivity contribution in [2.24, 2.45) is 40.4 Å². The Bertz CT molecular complexity index is 924. The van der Waals surface area contributed by atoms with Crippen molar-refractivity contribution in [3.8, 4) is 0 Å². The Kier molecular flexibility index (Phi) is 9.70. The fraction of sp³-hybridized carbons (Fsp3) is 0.824. The van der Waals surface area contributed by atoms with Crippen LogP contribution in [-0.4, -0.2) is 37.2 Å². The zero-order valence-corrected chi connectivity index (χ0v) is 25.1. The Morgan fingerprint density at radius 2 is 1.82 bits per heavy atom. The minimum Gasteiger partial charge on any atom is -0.469 e. The number of nitrogens with one attached hydrogen (secondary N) is 2. The van der Waals surface area contributed by atoms with Gasteiger partial charge in [0.2, 0.25) is 0 Å². The second-order valence-corrected chi connectivity index (χ2v) is 14.1. The number of ether oxygens (including phenoxy) is 1. The van der Waals surface area contributed by atoms with Crippen molar-refractivity contribution in [2.75, 3.05) is 20.2 Å². The smallest absolute Gasteiger partial charge is 0.305 e. The molecule has 218 valence electrons. The predicted octanol–water partition coefficient (Wildman–Crippen LogP) is 6.91. The van der Waals surface area contributed by atoms with E-state index in [0.717, 1.165) is 61.7 Å². The first-order valence-corrected chi connectivity index (χ1v) is 16.3. The van der Waals surface area contributed by atoms with Crippen LogP contribution in [0.1, 0.15) is 109 Å². The number of rotatable bonds is 12. The molecule has 1 aromatic rings. The summed E-state index contributed by atoms with van der Waals surface area (Å²) in [6.07, 6.45) is 21.9. The third-order valence-corrected chi connectivity index (χ3v) is 12.3. The summed E-state index contributed by atoms with van der Waals surface area (Å²) >= 11 is 0. The third kappa shape index (κ3) is 6.40. The number of hydrogen-bond donors (Lipinski definition) is 2. The minimum absolute atomic E-state index is 0.0384. The molecule has 1 heterocycles. The maximum absolute atomic E-state index is 11.7. The van der Waals surface area contributed by atoms with E-state index in [2.05, 4.69) is 35.5 Å². The molecule has 2 N–H and O–H groups in total. The lowest BCUT2D eigenvalue weighted by Gasteiger charge is -2.61. The molecule has 0 spiro atoms. The van der Waals surface area contributed by atoms with Gasteiger partial charge < -0.3 is 15.4 Å². The minimum atomic E-state index is -0.0384. The third-order valence-electron chi connectivity index (χ3n) is 12.3. The van der Waals surface area contributed by atoms with Crippen LogP contribution in [0.5, 0.6) is 0 Å². The quantitative estimate of drug-likeness (QED) is 0.224. The van der Waals surface area contributed by atoms with Crippen LogP contribution in [0, 0.1) is 40.4 Å². The van der Waals surface area contributed by atoms with Crippen molar-refractivity contribution < 1.29 is 9.53 Å². The van der Waals surface area contributed by atoms with Crippen LogP contribution in [-0.2, 0) is 16.1 Å². The molecule has 0 bridgehead atoms. The molecule has 5 nitrogen and oxygen atoms in total. The highest BCUT2D eigenvalue weighted by molar-refractivity contribution is 5.68. The molecular formula is C34H55N3O2. The summed E-state index contributed by atoms with van der Waals surface area (Å²) in [5.41, 5.74) is 2.33. The summed E-state index contributed by atoms with van der Waals surface area (Å²) in [7, 11) is 1.52. The summed E-state index contributed by atoms with van der Waals surface area (Å²) in [4.78, 5) is 15.8. The van der Waals surface area contributed by atoms with Crippen molar-refractivity contribution in [2.45, 2.75) is 116 Å². The number of unbranched alkanes of at least 4 members (excludes halogenated alkanes) is 1. The molecule has 39 heavy (non-hydrogen) atoms. The molecule has 5 rings (SSSR count). The van der Waals surface area contributed by atoms with Gasteiger partial charge in [-0.15, -0.1) is 0 Å². The number of pyridine rings is 1. The monoisotopic (exact) mass is 537 g/mol. The lowest BCUT2D eigenvalue weighted by atomic mass is 9.44. The second-order valence-electron chi connectivity index (χ2n) is 14.1. The Morgan fingerprint density at radius 1 is 1.00 bits per heavy atom. The normalized spacial score (nSPS) is 37.5. The van der Waals surface area contributed by atoms with Gasteiger partial charge in [0.05, 0.1) is 7.11 Å². The molecule has 0 saturated heterocycles. The molecule has 0 radical (unpaired) electrons. The summed E-state index contributed by atoms with van der Waals surface area (Å²) in [6, 6.07) is 4.87. The number of fused-ring (bicyclic) bond motifs is 5. The van der Waals surface area contributed by atoms with Crippen molar-refractivity contribution >= 4 is 5.97 Å². The average molecular weight is 538 g/mol. The zero-order valence-electron chi connectivity index (χ0n) is 25.1. The van der Waals surface area contributed by atoms with Gasteiger partial charge >= 0.3 is 5.97 Å². The van der Waals surface area contributed by atoms with Gasteiger partial charge in [0, 0.05) is 31.4 Å². The van der Waals surface area contributed by atoms with E-state index in [0.29, 0.717) is 17.3 Å². The van der Waals surface area contributed by atoms with Crippen molar-refractivity contribution in [3.63, 3.8) is 0 Å². The molecule has 4 fully saturated rings. The van der Waals surface area contributed by atoms with E-state index in [9.17, 15) is 4.79 Å². The van der Waals surface area contributed by atoms with Crippen LogP contribution < -0.4 is 10.6 Å². The molecule has 8 atom stereocenters. The lowest BCUT2D eigenvalue weighted by molar-refractivity contribution is -0.141. The summed E-state index contributed by atoms with van der Waals surface area (Å²) in [6.45, 7) is 8.49. The topological polar surface area (TPSA) is 63.2 Å². The lowest BCUT2D eigenvalue weighted by Crippen LogP contribution is -2.55. The molecule has 4 saturated carbocycles. The highest BCUT2D eigenvalue weighted by Gasteiger charge is 2.59. The fourth-order valence-electron chi connectivity index (χ4n) is 10.0. The molecule has 0 aromatic carbocycles. The second kappa shape index (κ2) is 13.0. The number of hydrogen-bond acceptors (Lipinski definition) is 5. The van der Waals surface area contributed by atoms with Crippen molar-refractivity contribution in [1.82, 2.24) is 15.6 Å². The van der Waals surface area contributed by atoms with E-state index in [-0.39, 0.29) is 5.97 Å². The van der Waals surface area contributed by atoms with E-state index in [4.69, 9.17) is 4.74 Å². The van der Waals surface area contributed by atoms with Gasteiger partial charge in [-0.2, -0.15) is 0 Å². The van der Waals surface area contributed by atoms with Gasteiger partial charge in [0.25, 0.3) is 0 Å².